The fourth-order valence-corrected chi connectivity index (χ4v) is 3.80. The van der Waals surface area contributed by atoms with E-state index in [4.69, 9.17) is 0 Å². The van der Waals surface area contributed by atoms with Gasteiger partial charge in [-0.05, 0) is 28.1 Å². The van der Waals surface area contributed by atoms with Gasteiger partial charge in [0.1, 0.15) is 0 Å². The Balaban J connectivity index is 2.48. The van der Waals surface area contributed by atoms with Gasteiger partial charge in [-0.25, -0.2) is 4.68 Å². The normalized spacial score (nSPS) is 12.4. The molecule has 0 aliphatic rings. The molecule has 0 spiro atoms. The van der Waals surface area contributed by atoms with Crippen molar-refractivity contribution in [3.63, 3.8) is 0 Å². The maximum Gasteiger partial charge on any atom is 0.418 e. The topological polar surface area (TPSA) is 76.9 Å². The van der Waals surface area contributed by atoms with Gasteiger partial charge in [0.25, 0.3) is 10.0 Å². The van der Waals surface area contributed by atoms with Crippen LogP contribution in [0, 0.1) is 0 Å². The second-order valence-electron chi connectivity index (χ2n) is 3.96. The molecule has 2 rings (SSSR count). The Bertz CT molecular complexity index is 753. The predicted molar refractivity (Wildman–Crippen MR) is 71.0 cm³/mol. The zero-order chi connectivity index (χ0) is 15.8. The lowest BCUT2D eigenvalue weighted by molar-refractivity contribution is -0.136. The number of nitrogens with one attached hydrogen (secondary N) is 1. The van der Waals surface area contributed by atoms with Crippen LogP contribution in [0.5, 0.6) is 0 Å². The van der Waals surface area contributed by atoms with E-state index in [1.54, 1.807) is 0 Å². The molecule has 0 aliphatic carbocycles. The first-order valence-corrected chi connectivity index (χ1v) is 7.65. The zero-order valence-electron chi connectivity index (χ0n) is 10.4. The van der Waals surface area contributed by atoms with Gasteiger partial charge >= 0.3 is 6.18 Å². The molecule has 0 saturated carbocycles. The number of aryl methyl sites for hydroxylation is 1. The van der Waals surface area contributed by atoms with Crippen LogP contribution >= 0.6 is 15.9 Å². The minimum absolute atomic E-state index is 0.0954. The number of anilines is 1. The van der Waals surface area contributed by atoms with Crippen molar-refractivity contribution < 1.29 is 21.6 Å². The van der Waals surface area contributed by atoms with Gasteiger partial charge in [0, 0.05) is 7.05 Å². The molecule has 6 nitrogen and oxygen atoms in total. The molecule has 0 radical (unpaired) electrons. The summed E-state index contributed by atoms with van der Waals surface area (Å²) in [5.74, 6) is 0. The molecular weight excluding hydrogens is 377 g/mol. The maximum atomic E-state index is 12.9. The molecule has 0 unspecified atom stereocenters. The first-order chi connectivity index (χ1) is 9.63. The van der Waals surface area contributed by atoms with E-state index in [9.17, 15) is 21.6 Å². The van der Waals surface area contributed by atoms with Gasteiger partial charge in [-0.2, -0.15) is 21.6 Å². The maximum absolute atomic E-state index is 12.9. The zero-order valence-corrected chi connectivity index (χ0v) is 12.8. The van der Waals surface area contributed by atoms with Crippen LogP contribution in [0.1, 0.15) is 5.56 Å². The van der Waals surface area contributed by atoms with Crippen molar-refractivity contribution in [1.29, 1.82) is 0 Å². The van der Waals surface area contributed by atoms with E-state index in [2.05, 4.69) is 26.2 Å². The predicted octanol–water partition coefficient (Wildman–Crippen LogP) is 2.40. The summed E-state index contributed by atoms with van der Waals surface area (Å²) in [6.45, 7) is 0. The highest BCUT2D eigenvalue weighted by Crippen LogP contribution is 2.35. The Kier molecular flexibility index (Phi) is 3.97. The van der Waals surface area contributed by atoms with Crippen molar-refractivity contribution in [2.75, 3.05) is 4.72 Å². The molecule has 0 aliphatic heterocycles. The summed E-state index contributed by atoms with van der Waals surface area (Å²) in [6.07, 6.45) is -4.68. The van der Waals surface area contributed by atoms with Crippen LogP contribution in [0.25, 0.3) is 0 Å². The van der Waals surface area contributed by atoms with E-state index in [1.165, 1.54) is 19.2 Å². The lowest BCUT2D eigenvalue weighted by atomic mass is 10.2. The summed E-state index contributed by atoms with van der Waals surface area (Å²) in [7, 11) is -2.97. The average Bonchev–Trinajstić information content (AvgIpc) is 2.68. The lowest BCUT2D eigenvalue weighted by Gasteiger charge is -2.14. The summed E-state index contributed by atoms with van der Waals surface area (Å²) >= 11 is 2.89. The third kappa shape index (κ3) is 3.18. The molecule has 11 heteroatoms. The van der Waals surface area contributed by atoms with Crippen molar-refractivity contribution in [2.24, 2.45) is 7.05 Å². The van der Waals surface area contributed by atoms with Crippen molar-refractivity contribution in [2.45, 2.75) is 11.2 Å². The number of hydrogen-bond donors (Lipinski definition) is 1. The van der Waals surface area contributed by atoms with E-state index in [0.29, 0.717) is 0 Å². The van der Waals surface area contributed by atoms with E-state index >= 15 is 0 Å². The summed E-state index contributed by atoms with van der Waals surface area (Å²) in [4.78, 5) is 0. The molecule has 114 valence electrons. The quantitative estimate of drug-likeness (QED) is 0.881. The second-order valence-corrected chi connectivity index (χ2v) is 6.31. The van der Waals surface area contributed by atoms with Gasteiger partial charge in [0.05, 0.1) is 11.3 Å². The van der Waals surface area contributed by atoms with Crippen molar-refractivity contribution >= 4 is 31.6 Å². The first-order valence-electron chi connectivity index (χ1n) is 5.37. The molecule has 21 heavy (non-hydrogen) atoms. The molecule has 1 N–H and O–H groups in total. The fourth-order valence-electron chi connectivity index (χ4n) is 1.62. The number of rotatable bonds is 3. The van der Waals surface area contributed by atoms with Crippen LogP contribution in [-0.2, 0) is 23.2 Å². The highest BCUT2D eigenvalue weighted by molar-refractivity contribution is 9.10. The van der Waals surface area contributed by atoms with Gasteiger partial charge in [-0.3, -0.25) is 4.72 Å². The molecule has 2 aromatic rings. The molecule has 1 aromatic carbocycles. The highest BCUT2D eigenvalue weighted by atomic mass is 79.9. The van der Waals surface area contributed by atoms with Gasteiger partial charge in [-0.1, -0.05) is 17.3 Å². The van der Waals surface area contributed by atoms with Gasteiger partial charge in [-0.15, -0.1) is 5.10 Å². The Hall–Kier alpha value is -1.62. The summed E-state index contributed by atoms with van der Waals surface area (Å²) in [5, 5.41) is 6.58. The van der Waals surface area contributed by atoms with Gasteiger partial charge < -0.3 is 0 Å². The minimum Gasteiger partial charge on any atom is -0.278 e. The van der Waals surface area contributed by atoms with Crippen LogP contribution in [0.2, 0.25) is 0 Å². The third-order valence-electron chi connectivity index (χ3n) is 2.47. The molecule has 0 saturated heterocycles. The molecule has 0 fully saturated rings. The molecular formula is C10H8BrF3N4O2S. The van der Waals surface area contributed by atoms with E-state index < -0.39 is 27.5 Å². The number of para-hydroxylation sites is 1. The Morgan fingerprint density at radius 1 is 1.29 bits per heavy atom. The van der Waals surface area contributed by atoms with Crippen LogP contribution in [0.3, 0.4) is 0 Å². The third-order valence-corrected chi connectivity index (χ3v) is 4.72. The number of hydrogen-bond acceptors (Lipinski definition) is 4. The standard InChI is InChI=1S/C10H8BrF3N4O2S/c1-18-9(8(11)15-17-18)21(19,20)16-7-5-3-2-4-6(7)10(12,13)14/h2-5,16H,1H3. The number of halogens is 4. The summed E-state index contributed by atoms with van der Waals surface area (Å²) in [6, 6.07) is 4.28. The number of sulfonamides is 1. The Morgan fingerprint density at radius 3 is 2.43 bits per heavy atom. The molecule has 1 aromatic heterocycles. The lowest BCUT2D eigenvalue weighted by Crippen LogP contribution is -2.19. The molecule has 0 bridgehead atoms. The SMILES string of the molecule is Cn1nnc(Br)c1S(=O)(=O)Nc1ccccc1C(F)(F)F. The largest absolute Gasteiger partial charge is 0.418 e. The number of benzene rings is 1. The van der Waals surface area contributed by atoms with Crippen molar-refractivity contribution in [1.82, 2.24) is 15.0 Å². The van der Waals surface area contributed by atoms with Crippen LogP contribution < -0.4 is 4.72 Å². The van der Waals surface area contributed by atoms with Crippen LogP contribution in [-0.4, -0.2) is 23.4 Å². The summed E-state index contributed by atoms with van der Waals surface area (Å²) in [5.41, 5.74) is -1.65. The van der Waals surface area contributed by atoms with Crippen molar-refractivity contribution in [3.05, 3.63) is 34.4 Å². The molecule has 0 amide bonds. The van der Waals surface area contributed by atoms with Crippen LogP contribution in [0.4, 0.5) is 18.9 Å². The smallest absolute Gasteiger partial charge is 0.278 e. The number of aromatic nitrogens is 3. The van der Waals surface area contributed by atoms with Gasteiger partial charge in [0.2, 0.25) is 5.03 Å². The van der Waals surface area contributed by atoms with E-state index in [0.717, 1.165) is 16.8 Å². The highest BCUT2D eigenvalue weighted by Gasteiger charge is 2.35. The Labute approximate surface area is 126 Å². The minimum atomic E-state index is -4.68. The number of nitrogens with zero attached hydrogens (tertiary/aromatic N) is 3. The second kappa shape index (κ2) is 5.30. The van der Waals surface area contributed by atoms with E-state index in [1.807, 2.05) is 4.72 Å². The van der Waals surface area contributed by atoms with Crippen molar-refractivity contribution in [3.8, 4) is 0 Å². The van der Waals surface area contributed by atoms with Gasteiger partial charge in [0.15, 0.2) is 4.60 Å². The van der Waals surface area contributed by atoms with E-state index in [-0.39, 0.29) is 9.63 Å². The molecule has 0 atom stereocenters. The molecule has 1 heterocycles. The van der Waals surface area contributed by atoms with Crippen LogP contribution in [0.15, 0.2) is 33.9 Å². The number of alkyl halides is 3. The average molecular weight is 385 g/mol. The summed E-state index contributed by atoms with van der Waals surface area (Å²) < 4.78 is 65.6. The Morgan fingerprint density at radius 2 is 1.90 bits per heavy atom. The fraction of sp³-hybridized carbons (Fsp3) is 0.200. The monoisotopic (exact) mass is 384 g/mol. The first kappa shape index (κ1) is 15.8.